The van der Waals surface area contributed by atoms with Gasteiger partial charge in [-0.15, -0.1) is 0 Å². The molecule has 0 spiro atoms. The first-order valence-corrected chi connectivity index (χ1v) is 3.22. The molecule has 0 aliphatic carbocycles. The van der Waals surface area contributed by atoms with Crippen molar-refractivity contribution in [2.45, 2.75) is 0 Å². The van der Waals surface area contributed by atoms with Crippen LogP contribution in [0.2, 0.25) is 0 Å². The Kier molecular flexibility index (Phi) is 4.23. The van der Waals surface area contributed by atoms with Crippen molar-refractivity contribution in [2.24, 2.45) is 0 Å². The standard InChI is InChI=1S/C10H10.Si/c1-3-9-7-5-6-8-10(9)4-2;/h3-8H,1-2H2;. The van der Waals surface area contributed by atoms with Crippen LogP contribution < -0.4 is 0 Å². The summed E-state index contributed by atoms with van der Waals surface area (Å²) < 4.78 is 0. The number of benzene rings is 1. The van der Waals surface area contributed by atoms with Gasteiger partial charge in [-0.25, -0.2) is 0 Å². The maximum absolute atomic E-state index is 3.69. The maximum Gasteiger partial charge on any atom is 0 e. The maximum atomic E-state index is 3.69. The fraction of sp³-hybridized carbons (Fsp3) is 0. The van der Waals surface area contributed by atoms with Crippen LogP contribution >= 0.6 is 0 Å². The van der Waals surface area contributed by atoms with E-state index in [0.717, 1.165) is 11.1 Å². The highest BCUT2D eigenvalue weighted by Gasteiger charge is 1.89. The summed E-state index contributed by atoms with van der Waals surface area (Å²) in [5.41, 5.74) is 2.27. The molecule has 0 atom stereocenters. The predicted octanol–water partition coefficient (Wildman–Crippen LogP) is 2.59. The molecule has 0 amide bonds. The lowest BCUT2D eigenvalue weighted by Crippen LogP contribution is -1.76. The van der Waals surface area contributed by atoms with E-state index < -0.39 is 0 Å². The van der Waals surface area contributed by atoms with Crippen molar-refractivity contribution in [1.29, 1.82) is 0 Å². The second-order valence-electron chi connectivity index (χ2n) is 2.04. The first-order chi connectivity index (χ1) is 4.88. The van der Waals surface area contributed by atoms with Crippen LogP contribution in [-0.2, 0) is 0 Å². The summed E-state index contributed by atoms with van der Waals surface area (Å²) in [5, 5.41) is 0. The molecule has 0 unspecified atom stereocenters. The van der Waals surface area contributed by atoms with Crippen molar-refractivity contribution >= 4 is 23.1 Å². The highest BCUT2D eigenvalue weighted by Crippen LogP contribution is 2.10. The molecule has 4 radical (unpaired) electrons. The minimum absolute atomic E-state index is 0. The molecular weight excluding hydrogens is 148 g/mol. The summed E-state index contributed by atoms with van der Waals surface area (Å²) in [4.78, 5) is 0. The van der Waals surface area contributed by atoms with Crippen molar-refractivity contribution in [3.05, 3.63) is 48.6 Å². The predicted molar refractivity (Wildman–Crippen MR) is 52.4 cm³/mol. The minimum Gasteiger partial charge on any atom is -0.0984 e. The van der Waals surface area contributed by atoms with E-state index in [1.165, 1.54) is 0 Å². The molecule has 0 bridgehead atoms. The zero-order valence-corrected chi connectivity index (χ0v) is 7.38. The quantitative estimate of drug-likeness (QED) is 0.580. The van der Waals surface area contributed by atoms with Crippen molar-refractivity contribution in [3.8, 4) is 0 Å². The van der Waals surface area contributed by atoms with Gasteiger partial charge < -0.3 is 0 Å². The van der Waals surface area contributed by atoms with Gasteiger partial charge in [-0.1, -0.05) is 49.6 Å². The molecule has 1 heteroatoms. The Morgan fingerprint density at radius 2 is 1.27 bits per heavy atom. The van der Waals surface area contributed by atoms with Crippen LogP contribution in [0.15, 0.2) is 37.4 Å². The molecule has 0 nitrogen and oxygen atoms in total. The Balaban J connectivity index is 0.000001000. The molecule has 0 aromatic heterocycles. The highest BCUT2D eigenvalue weighted by atomic mass is 28.1. The highest BCUT2D eigenvalue weighted by molar-refractivity contribution is 5.75. The second-order valence-corrected chi connectivity index (χ2v) is 2.04. The SMILES string of the molecule is C=Cc1ccccc1C=C.[Si]. The molecule has 0 saturated heterocycles. The van der Waals surface area contributed by atoms with E-state index in [2.05, 4.69) is 13.2 Å². The van der Waals surface area contributed by atoms with E-state index in [1.54, 1.807) is 0 Å². The largest absolute Gasteiger partial charge is 0.0984 e. The van der Waals surface area contributed by atoms with Crippen molar-refractivity contribution in [1.82, 2.24) is 0 Å². The van der Waals surface area contributed by atoms with E-state index in [4.69, 9.17) is 0 Å². The first-order valence-electron chi connectivity index (χ1n) is 3.22. The lowest BCUT2D eigenvalue weighted by Gasteiger charge is -1.96. The molecule has 0 heterocycles. The Morgan fingerprint density at radius 1 is 0.909 bits per heavy atom. The number of hydrogen-bond donors (Lipinski definition) is 0. The van der Waals surface area contributed by atoms with E-state index in [1.807, 2.05) is 36.4 Å². The van der Waals surface area contributed by atoms with Crippen molar-refractivity contribution in [3.63, 3.8) is 0 Å². The van der Waals surface area contributed by atoms with Gasteiger partial charge in [0.1, 0.15) is 0 Å². The normalized spacial score (nSPS) is 8.00. The number of rotatable bonds is 2. The molecule has 1 aromatic carbocycles. The Labute approximate surface area is 72.3 Å². The first kappa shape index (κ1) is 9.92. The van der Waals surface area contributed by atoms with Gasteiger partial charge in [-0.2, -0.15) is 0 Å². The van der Waals surface area contributed by atoms with Crippen LogP contribution in [0.3, 0.4) is 0 Å². The summed E-state index contributed by atoms with van der Waals surface area (Å²) in [7, 11) is 0. The third-order valence-electron chi connectivity index (χ3n) is 1.44. The van der Waals surface area contributed by atoms with E-state index in [9.17, 15) is 0 Å². The van der Waals surface area contributed by atoms with Gasteiger partial charge in [-0.3, -0.25) is 0 Å². The van der Waals surface area contributed by atoms with Crippen molar-refractivity contribution < 1.29 is 0 Å². The number of hydrogen-bond acceptors (Lipinski definition) is 0. The fourth-order valence-electron chi connectivity index (χ4n) is 0.883. The van der Waals surface area contributed by atoms with Crippen LogP contribution in [0, 0.1) is 0 Å². The monoisotopic (exact) mass is 158 g/mol. The van der Waals surface area contributed by atoms with Gasteiger partial charge in [0.25, 0.3) is 0 Å². The van der Waals surface area contributed by atoms with Crippen LogP contribution in [0.25, 0.3) is 12.2 Å². The molecule has 0 aliphatic heterocycles. The summed E-state index contributed by atoms with van der Waals surface area (Å²) in [6.45, 7) is 7.38. The fourth-order valence-corrected chi connectivity index (χ4v) is 0.883. The Bertz CT molecular complexity index is 224. The molecular formula is C10H10Si. The lowest BCUT2D eigenvalue weighted by atomic mass is 10.1. The summed E-state index contributed by atoms with van der Waals surface area (Å²) in [6.07, 6.45) is 3.66. The minimum atomic E-state index is 0. The van der Waals surface area contributed by atoms with Gasteiger partial charge in [0, 0.05) is 11.0 Å². The van der Waals surface area contributed by atoms with Crippen LogP contribution in [-0.4, -0.2) is 11.0 Å². The van der Waals surface area contributed by atoms with E-state index >= 15 is 0 Å². The zero-order chi connectivity index (χ0) is 7.40. The molecule has 0 N–H and O–H groups in total. The lowest BCUT2D eigenvalue weighted by molar-refractivity contribution is 1.62. The van der Waals surface area contributed by atoms with Gasteiger partial charge in [-0.05, 0) is 11.1 Å². The van der Waals surface area contributed by atoms with Gasteiger partial charge >= 0.3 is 0 Å². The molecule has 0 fully saturated rings. The molecule has 11 heavy (non-hydrogen) atoms. The third-order valence-corrected chi connectivity index (χ3v) is 1.44. The van der Waals surface area contributed by atoms with E-state index in [-0.39, 0.29) is 11.0 Å². The Morgan fingerprint density at radius 3 is 1.55 bits per heavy atom. The van der Waals surface area contributed by atoms with Gasteiger partial charge in [0.2, 0.25) is 0 Å². The molecule has 0 aliphatic rings. The van der Waals surface area contributed by atoms with Gasteiger partial charge in [0.15, 0.2) is 0 Å². The van der Waals surface area contributed by atoms with Crippen LogP contribution in [0.1, 0.15) is 11.1 Å². The molecule has 54 valence electrons. The summed E-state index contributed by atoms with van der Waals surface area (Å²) in [6, 6.07) is 8.02. The molecule has 0 saturated carbocycles. The topological polar surface area (TPSA) is 0 Å². The van der Waals surface area contributed by atoms with Crippen LogP contribution in [0.4, 0.5) is 0 Å². The van der Waals surface area contributed by atoms with E-state index in [0.29, 0.717) is 0 Å². The molecule has 1 aromatic rings. The third kappa shape index (κ3) is 2.20. The second kappa shape index (κ2) is 4.69. The smallest absolute Gasteiger partial charge is 0 e. The summed E-state index contributed by atoms with van der Waals surface area (Å²) >= 11 is 0. The molecule has 1 rings (SSSR count). The van der Waals surface area contributed by atoms with Crippen molar-refractivity contribution in [2.75, 3.05) is 0 Å². The zero-order valence-electron chi connectivity index (χ0n) is 6.38. The summed E-state index contributed by atoms with van der Waals surface area (Å²) in [5.74, 6) is 0. The van der Waals surface area contributed by atoms with Crippen LogP contribution in [0.5, 0.6) is 0 Å². The average molecular weight is 158 g/mol. The Hall–Kier alpha value is -1.08. The average Bonchev–Trinajstić information content (AvgIpc) is 2.04. The van der Waals surface area contributed by atoms with Gasteiger partial charge in [0.05, 0.1) is 0 Å².